The van der Waals surface area contributed by atoms with Gasteiger partial charge >= 0.3 is 0 Å². The van der Waals surface area contributed by atoms with Crippen molar-refractivity contribution in [3.8, 4) is 0 Å². The summed E-state index contributed by atoms with van der Waals surface area (Å²) in [6.45, 7) is 0. The van der Waals surface area contributed by atoms with Gasteiger partial charge in [0.1, 0.15) is 0 Å². The topological polar surface area (TPSA) is 29.1 Å². The Hall–Kier alpha value is -1.32. The van der Waals surface area contributed by atoms with E-state index in [0.717, 1.165) is 22.1 Å². The molecule has 0 aromatic heterocycles. The second-order valence-corrected chi connectivity index (χ2v) is 5.84. The van der Waals surface area contributed by atoms with Crippen molar-refractivity contribution in [2.45, 2.75) is 12.3 Å². The van der Waals surface area contributed by atoms with Crippen LogP contribution in [0.3, 0.4) is 0 Å². The minimum atomic E-state index is -0.0364. The summed E-state index contributed by atoms with van der Waals surface area (Å²) in [5, 5.41) is 3.56. The molecular weight excluding hydrogens is 326 g/mol. The van der Waals surface area contributed by atoms with E-state index in [9.17, 15) is 4.79 Å². The Morgan fingerprint density at radius 2 is 2.05 bits per heavy atom. The minimum Gasteiger partial charge on any atom is -0.326 e. The second-order valence-electron chi connectivity index (χ2n) is 4.57. The van der Waals surface area contributed by atoms with E-state index in [1.807, 2.05) is 24.3 Å². The predicted octanol–water partition coefficient (Wildman–Crippen LogP) is 4.38. The molecule has 0 heterocycles. The number of hydrogen-bond acceptors (Lipinski definition) is 1. The number of carbonyl (C=O) groups excluding carboxylic acids is 1. The van der Waals surface area contributed by atoms with E-state index in [1.54, 1.807) is 12.1 Å². The van der Waals surface area contributed by atoms with E-state index in [2.05, 4.69) is 27.3 Å². The van der Waals surface area contributed by atoms with Crippen LogP contribution < -0.4 is 5.32 Å². The van der Waals surface area contributed by atoms with E-state index in [4.69, 9.17) is 11.6 Å². The van der Waals surface area contributed by atoms with Gasteiger partial charge in [0, 0.05) is 10.2 Å². The molecule has 0 radical (unpaired) electrons. The fourth-order valence-electron chi connectivity index (χ4n) is 2.30. The van der Waals surface area contributed by atoms with Crippen LogP contribution in [-0.4, -0.2) is 5.91 Å². The highest BCUT2D eigenvalue weighted by Crippen LogP contribution is 2.36. The Morgan fingerprint density at radius 3 is 2.79 bits per heavy atom. The van der Waals surface area contributed by atoms with E-state index >= 15 is 0 Å². The molecule has 1 amide bonds. The third-order valence-electron chi connectivity index (χ3n) is 3.36. The lowest BCUT2D eigenvalue weighted by Crippen LogP contribution is -2.30. The molecule has 2 nitrogen and oxygen atoms in total. The summed E-state index contributed by atoms with van der Waals surface area (Å²) in [5.41, 5.74) is 3.15. The van der Waals surface area contributed by atoms with Crippen molar-refractivity contribution >= 4 is 39.1 Å². The fraction of sp³-hybridized carbons (Fsp3) is 0.133. The summed E-state index contributed by atoms with van der Waals surface area (Å²) in [6, 6.07) is 13.4. The molecule has 3 rings (SSSR count). The monoisotopic (exact) mass is 335 g/mol. The van der Waals surface area contributed by atoms with Gasteiger partial charge in [-0.05, 0) is 51.7 Å². The maximum Gasteiger partial charge on any atom is 0.232 e. The molecular formula is C15H11BrClNO. The molecule has 1 unspecified atom stereocenters. The van der Waals surface area contributed by atoms with Gasteiger partial charge in [-0.15, -0.1) is 0 Å². The van der Waals surface area contributed by atoms with Gasteiger partial charge in [-0.3, -0.25) is 4.79 Å². The first-order chi connectivity index (χ1) is 9.15. The van der Waals surface area contributed by atoms with Gasteiger partial charge in [-0.25, -0.2) is 0 Å². The molecule has 0 fully saturated rings. The molecule has 2 aromatic carbocycles. The first-order valence-corrected chi connectivity index (χ1v) is 7.16. The molecule has 0 spiro atoms. The lowest BCUT2D eigenvalue weighted by atomic mass is 9.77. The van der Waals surface area contributed by atoms with Crippen molar-refractivity contribution in [1.82, 2.24) is 0 Å². The summed E-state index contributed by atoms with van der Waals surface area (Å²) >= 11 is 9.27. The third kappa shape index (κ3) is 2.40. The molecule has 1 aliphatic rings. The number of benzene rings is 2. The number of rotatable bonds is 2. The van der Waals surface area contributed by atoms with Crippen LogP contribution in [0.2, 0.25) is 5.02 Å². The van der Waals surface area contributed by atoms with Crippen LogP contribution in [0.15, 0.2) is 46.9 Å². The highest BCUT2D eigenvalue weighted by molar-refractivity contribution is 9.10. The molecule has 1 atom stereocenters. The fourth-order valence-corrected chi connectivity index (χ4v) is 2.79. The SMILES string of the molecule is O=C(Nc1ccc(Cl)c(Br)c1)C1Cc2ccccc21. The van der Waals surface area contributed by atoms with E-state index in [0.29, 0.717) is 5.02 Å². The van der Waals surface area contributed by atoms with E-state index in [1.165, 1.54) is 5.56 Å². The predicted molar refractivity (Wildman–Crippen MR) is 80.7 cm³/mol. The smallest absolute Gasteiger partial charge is 0.232 e. The van der Waals surface area contributed by atoms with E-state index < -0.39 is 0 Å². The molecule has 2 aromatic rings. The number of amides is 1. The first kappa shape index (κ1) is 12.7. The lowest BCUT2D eigenvalue weighted by molar-refractivity contribution is -0.118. The lowest BCUT2D eigenvalue weighted by Gasteiger charge is -2.28. The quantitative estimate of drug-likeness (QED) is 0.866. The number of halogens is 2. The third-order valence-corrected chi connectivity index (χ3v) is 4.57. The number of anilines is 1. The summed E-state index contributed by atoms with van der Waals surface area (Å²) in [6.07, 6.45) is 0.816. The average molecular weight is 337 g/mol. The summed E-state index contributed by atoms with van der Waals surface area (Å²) in [4.78, 5) is 12.2. The molecule has 1 N–H and O–H groups in total. The molecule has 4 heteroatoms. The summed E-state index contributed by atoms with van der Waals surface area (Å²) in [5.74, 6) is -0.00132. The summed E-state index contributed by atoms with van der Waals surface area (Å²) < 4.78 is 0.779. The Balaban J connectivity index is 1.75. The normalized spacial score (nSPS) is 16.4. The molecule has 96 valence electrons. The largest absolute Gasteiger partial charge is 0.326 e. The van der Waals surface area contributed by atoms with Crippen molar-refractivity contribution in [2.24, 2.45) is 0 Å². The Labute approximate surface area is 124 Å². The number of nitrogens with one attached hydrogen (secondary N) is 1. The van der Waals surface area contributed by atoms with Gasteiger partial charge in [-0.1, -0.05) is 35.9 Å². The van der Waals surface area contributed by atoms with Crippen molar-refractivity contribution in [1.29, 1.82) is 0 Å². The first-order valence-electron chi connectivity index (χ1n) is 5.99. The zero-order chi connectivity index (χ0) is 13.4. The van der Waals surface area contributed by atoms with Crippen molar-refractivity contribution in [3.63, 3.8) is 0 Å². The molecule has 0 saturated carbocycles. The molecule has 0 saturated heterocycles. The summed E-state index contributed by atoms with van der Waals surface area (Å²) in [7, 11) is 0. The van der Waals surface area contributed by atoms with Gasteiger partial charge in [0.25, 0.3) is 0 Å². The van der Waals surface area contributed by atoms with Crippen LogP contribution in [0.4, 0.5) is 5.69 Å². The Kier molecular flexibility index (Phi) is 3.33. The molecule has 19 heavy (non-hydrogen) atoms. The van der Waals surface area contributed by atoms with Gasteiger partial charge in [0.15, 0.2) is 0 Å². The maximum absolute atomic E-state index is 12.2. The highest BCUT2D eigenvalue weighted by atomic mass is 79.9. The molecule has 1 aliphatic carbocycles. The van der Waals surface area contributed by atoms with Gasteiger partial charge in [0.2, 0.25) is 5.91 Å². The number of fused-ring (bicyclic) bond motifs is 1. The molecule has 0 aliphatic heterocycles. The van der Waals surface area contributed by atoms with E-state index in [-0.39, 0.29) is 11.8 Å². The van der Waals surface area contributed by atoms with Crippen LogP contribution in [0.1, 0.15) is 17.0 Å². The van der Waals surface area contributed by atoms with Gasteiger partial charge in [-0.2, -0.15) is 0 Å². The van der Waals surface area contributed by atoms with Crippen molar-refractivity contribution in [3.05, 3.63) is 63.1 Å². The minimum absolute atomic E-state index is 0.0351. The van der Waals surface area contributed by atoms with Gasteiger partial charge in [0.05, 0.1) is 10.9 Å². The number of carbonyl (C=O) groups is 1. The number of hydrogen-bond donors (Lipinski definition) is 1. The zero-order valence-corrected chi connectivity index (χ0v) is 12.3. The zero-order valence-electron chi connectivity index (χ0n) is 9.99. The Morgan fingerprint density at radius 1 is 1.26 bits per heavy atom. The average Bonchev–Trinajstić information content (AvgIpc) is 2.35. The van der Waals surface area contributed by atoms with Crippen LogP contribution in [0.25, 0.3) is 0 Å². The van der Waals surface area contributed by atoms with Crippen LogP contribution >= 0.6 is 27.5 Å². The van der Waals surface area contributed by atoms with Crippen LogP contribution in [-0.2, 0) is 11.2 Å². The van der Waals surface area contributed by atoms with Crippen LogP contribution in [0.5, 0.6) is 0 Å². The van der Waals surface area contributed by atoms with Gasteiger partial charge < -0.3 is 5.32 Å². The van der Waals surface area contributed by atoms with Crippen LogP contribution in [0, 0.1) is 0 Å². The Bertz CT molecular complexity index is 656. The standard InChI is InChI=1S/C15H11BrClNO/c16-13-8-10(5-6-14(13)17)18-15(19)12-7-9-3-1-2-4-11(9)12/h1-6,8,12H,7H2,(H,18,19). The molecule has 0 bridgehead atoms. The van der Waals surface area contributed by atoms with Crippen molar-refractivity contribution in [2.75, 3.05) is 5.32 Å². The maximum atomic E-state index is 12.2. The van der Waals surface area contributed by atoms with Crippen molar-refractivity contribution < 1.29 is 4.79 Å². The second kappa shape index (κ2) is 4.99. The highest BCUT2D eigenvalue weighted by Gasteiger charge is 2.31.